The molecule has 0 saturated heterocycles. The zero-order valence-corrected chi connectivity index (χ0v) is 7.52. The maximum Gasteiger partial charge on any atom is 0.635 e. The van der Waals surface area contributed by atoms with Gasteiger partial charge in [0, 0.05) is 0 Å². The van der Waals surface area contributed by atoms with Crippen molar-refractivity contribution in [3.05, 3.63) is 20.2 Å². The van der Waals surface area contributed by atoms with Gasteiger partial charge in [-0.05, 0) is 6.92 Å². The lowest BCUT2D eigenvalue weighted by atomic mass is 10.5. The Morgan fingerprint density at radius 2 is 1.85 bits per heavy atom. The zero-order chi connectivity index (χ0) is 10.6. The Bertz CT molecular complexity index is 247. The van der Waals surface area contributed by atoms with E-state index < -0.39 is 15.7 Å². The van der Waals surface area contributed by atoms with Crippen LogP contribution in [0.1, 0.15) is 13.8 Å². The fraction of sp³-hybridized carbons (Fsp3) is 0.750. The van der Waals surface area contributed by atoms with E-state index in [2.05, 4.69) is 9.99 Å². The summed E-state index contributed by atoms with van der Waals surface area (Å²) in [7, 11) is 0. The third kappa shape index (κ3) is 2.82. The highest BCUT2D eigenvalue weighted by molar-refractivity contribution is 6.64. The highest BCUT2D eigenvalue weighted by Crippen LogP contribution is 2.12. The summed E-state index contributed by atoms with van der Waals surface area (Å²) >= 11 is 5.17. The fourth-order valence-corrected chi connectivity index (χ4v) is 0.317. The van der Waals surface area contributed by atoms with E-state index in [1.54, 1.807) is 0 Å². The maximum absolute atomic E-state index is 10.2. The quantitative estimate of drug-likeness (QED) is 0.296. The Hall–Kier alpha value is -1.44. The summed E-state index contributed by atoms with van der Waals surface area (Å²) in [5, 5.41) is 23.2. The number of halogens is 1. The molecule has 0 atom stereocenters. The molecule has 0 bridgehead atoms. The molecule has 0 saturated carbocycles. The van der Waals surface area contributed by atoms with Gasteiger partial charge in [0.25, 0.3) is 0 Å². The summed E-state index contributed by atoms with van der Waals surface area (Å²) < 4.78 is 0. The Morgan fingerprint density at radius 1 is 1.46 bits per heavy atom. The molecule has 0 heterocycles. The molecule has 9 heteroatoms. The second-order valence-corrected chi connectivity index (χ2v) is 2.67. The zero-order valence-electron chi connectivity index (χ0n) is 6.76. The van der Waals surface area contributed by atoms with Crippen molar-refractivity contribution in [2.45, 2.75) is 19.7 Å². The van der Waals surface area contributed by atoms with Gasteiger partial charge in [-0.25, -0.2) is 0 Å². The monoisotopic (exact) mass is 211 g/mol. The van der Waals surface area contributed by atoms with Gasteiger partial charge < -0.3 is 0 Å². The molecule has 0 N–H and O–H groups in total. The lowest BCUT2D eigenvalue weighted by Crippen LogP contribution is -2.44. The summed E-state index contributed by atoms with van der Waals surface area (Å²) in [5.41, 5.74) is 0. The third-order valence-corrected chi connectivity index (χ3v) is 1.09. The number of hydrogen-bond donors (Lipinski definition) is 0. The first-order valence-corrected chi connectivity index (χ1v) is 3.35. The van der Waals surface area contributed by atoms with Crippen LogP contribution in [0.5, 0.6) is 0 Å². The van der Waals surface area contributed by atoms with Gasteiger partial charge in [0.1, 0.15) is 21.9 Å². The van der Waals surface area contributed by atoms with E-state index in [1.807, 2.05) is 0 Å². The van der Waals surface area contributed by atoms with Gasteiger partial charge in [0.2, 0.25) is 0 Å². The molecule has 13 heavy (non-hydrogen) atoms. The predicted octanol–water partition coefficient (Wildman–Crippen LogP) is 0.802. The number of rotatable bonds is 4. The second-order valence-electron chi connectivity index (χ2n) is 2.13. The molecule has 74 valence electrons. The van der Waals surface area contributed by atoms with Gasteiger partial charge in [-0.3, -0.25) is 25.1 Å². The largest absolute Gasteiger partial charge is 0.635 e. The van der Waals surface area contributed by atoms with E-state index in [0.717, 1.165) is 0 Å². The maximum atomic E-state index is 10.2. The van der Waals surface area contributed by atoms with Crippen molar-refractivity contribution in [2.75, 3.05) is 0 Å². The van der Waals surface area contributed by atoms with Crippen LogP contribution in [0.15, 0.2) is 5.16 Å². The van der Waals surface area contributed by atoms with Crippen molar-refractivity contribution in [2.24, 2.45) is 5.16 Å². The minimum atomic E-state index is -2.80. The smallest absolute Gasteiger partial charge is 0.257 e. The summed E-state index contributed by atoms with van der Waals surface area (Å²) in [6.07, 6.45) is 0. The van der Waals surface area contributed by atoms with E-state index in [4.69, 9.17) is 11.6 Å². The van der Waals surface area contributed by atoms with E-state index >= 15 is 0 Å². The van der Waals surface area contributed by atoms with Crippen molar-refractivity contribution < 1.29 is 14.7 Å². The molecule has 0 aliphatic rings. The van der Waals surface area contributed by atoms with Gasteiger partial charge in [0.15, 0.2) is 0 Å². The second kappa shape index (κ2) is 3.99. The average molecular weight is 212 g/mol. The predicted molar refractivity (Wildman–Crippen MR) is 42.4 cm³/mol. The van der Waals surface area contributed by atoms with E-state index in [-0.39, 0.29) is 5.17 Å². The standard InChI is InChI=1S/C4H6ClN3O5/c1-3(5)6-13-4(2,7(9)10)8(11)12/h1-2H3. The molecule has 0 aromatic heterocycles. The fourth-order valence-electron chi connectivity index (χ4n) is 0.283. The molecule has 8 nitrogen and oxygen atoms in total. The molecular weight excluding hydrogens is 206 g/mol. The molecule has 0 aliphatic carbocycles. The lowest BCUT2D eigenvalue weighted by molar-refractivity contribution is -0.846. The molecule has 0 aromatic rings. The highest BCUT2D eigenvalue weighted by Gasteiger charge is 2.55. The van der Waals surface area contributed by atoms with Crippen LogP contribution < -0.4 is 0 Å². The minimum absolute atomic E-state index is 0.171. The first-order valence-electron chi connectivity index (χ1n) is 2.98. The first-order chi connectivity index (χ1) is 5.80. The van der Waals surface area contributed by atoms with E-state index in [9.17, 15) is 20.2 Å². The minimum Gasteiger partial charge on any atom is -0.257 e. The Labute approximate surface area is 77.4 Å². The highest BCUT2D eigenvalue weighted by atomic mass is 35.5. The van der Waals surface area contributed by atoms with Crippen LogP contribution in [0, 0.1) is 20.2 Å². The molecule has 0 fully saturated rings. The van der Waals surface area contributed by atoms with Crippen molar-refractivity contribution in [1.82, 2.24) is 0 Å². The Kier molecular flexibility index (Phi) is 3.54. The lowest BCUT2D eigenvalue weighted by Gasteiger charge is -2.08. The number of nitrogens with zero attached hydrogens (tertiary/aromatic N) is 3. The van der Waals surface area contributed by atoms with Crippen LogP contribution in [0.3, 0.4) is 0 Å². The van der Waals surface area contributed by atoms with Crippen molar-refractivity contribution in [1.29, 1.82) is 0 Å². The van der Waals surface area contributed by atoms with Crippen LogP contribution >= 0.6 is 11.6 Å². The van der Waals surface area contributed by atoms with Crippen molar-refractivity contribution >= 4 is 16.8 Å². The first kappa shape index (κ1) is 11.6. The molecule has 0 aliphatic heterocycles. The molecule has 0 aromatic carbocycles. The van der Waals surface area contributed by atoms with Crippen molar-refractivity contribution in [3.63, 3.8) is 0 Å². The summed E-state index contributed by atoms with van der Waals surface area (Å²) in [5.74, 6) is -2.80. The van der Waals surface area contributed by atoms with E-state index in [1.165, 1.54) is 6.92 Å². The summed E-state index contributed by atoms with van der Waals surface area (Å²) in [6.45, 7) is 1.93. The van der Waals surface area contributed by atoms with Crippen LogP contribution in [0.25, 0.3) is 0 Å². The van der Waals surface area contributed by atoms with Gasteiger partial charge in [-0.2, -0.15) is 0 Å². The SMILES string of the molecule is CC(Cl)=NOC(C)([N+](=O)[O-])[N+](=O)[O-]. The molecular formula is C4H6ClN3O5. The van der Waals surface area contributed by atoms with E-state index in [0.29, 0.717) is 6.92 Å². The topological polar surface area (TPSA) is 108 Å². The van der Waals surface area contributed by atoms with Gasteiger partial charge >= 0.3 is 5.85 Å². The van der Waals surface area contributed by atoms with Crippen LogP contribution in [-0.4, -0.2) is 20.9 Å². The average Bonchev–Trinajstić information content (AvgIpc) is 1.99. The van der Waals surface area contributed by atoms with Crippen LogP contribution in [0.4, 0.5) is 0 Å². The summed E-state index contributed by atoms with van der Waals surface area (Å²) in [4.78, 5) is 22.1. The van der Waals surface area contributed by atoms with Gasteiger partial charge in [-0.1, -0.05) is 16.8 Å². The molecule has 0 unspecified atom stereocenters. The number of nitro groups is 2. The number of oxime groups is 1. The Balaban J connectivity index is 4.73. The Morgan fingerprint density at radius 3 is 2.08 bits per heavy atom. The third-order valence-electron chi connectivity index (χ3n) is 1.02. The molecule has 0 radical (unpaired) electrons. The van der Waals surface area contributed by atoms with Crippen LogP contribution in [0.2, 0.25) is 0 Å². The van der Waals surface area contributed by atoms with Crippen molar-refractivity contribution in [3.8, 4) is 0 Å². The van der Waals surface area contributed by atoms with Gasteiger partial charge in [-0.15, -0.1) is 0 Å². The molecule has 0 amide bonds. The molecule has 0 spiro atoms. The van der Waals surface area contributed by atoms with Crippen LogP contribution in [-0.2, 0) is 4.84 Å². The normalized spacial score (nSPS) is 12.4. The summed E-state index contributed by atoms with van der Waals surface area (Å²) in [6, 6.07) is 0. The number of hydrogen-bond acceptors (Lipinski definition) is 6. The van der Waals surface area contributed by atoms with Gasteiger partial charge in [0.05, 0.1) is 0 Å². The molecule has 0 rings (SSSR count).